The molecular weight excluding hydrogens is 474 g/mol. The molecule has 0 unspecified atom stereocenters. The van der Waals surface area contributed by atoms with Crippen molar-refractivity contribution >= 4 is 46.9 Å². The van der Waals surface area contributed by atoms with Gasteiger partial charge in [-0.05, 0) is 48.4 Å². The number of amides is 4. The minimum atomic E-state index is -0.955. The molecule has 1 heterocycles. The summed E-state index contributed by atoms with van der Waals surface area (Å²) in [5.41, 5.74) is 2.12. The topological polar surface area (TPSA) is 119 Å². The molecule has 4 amide bonds. The first-order valence-electron chi connectivity index (χ1n) is 10.4. The van der Waals surface area contributed by atoms with Gasteiger partial charge in [0.05, 0.1) is 15.6 Å². The lowest BCUT2D eigenvalue weighted by atomic mass is 10.1. The van der Waals surface area contributed by atoms with Crippen LogP contribution in [0.2, 0.25) is 5.02 Å². The van der Waals surface area contributed by atoms with Crippen molar-refractivity contribution in [2.75, 3.05) is 4.90 Å². The Kier molecular flexibility index (Phi) is 6.61. The Morgan fingerprint density at radius 1 is 1.03 bits per heavy atom. The van der Waals surface area contributed by atoms with Crippen LogP contribution in [-0.2, 0) is 16.2 Å². The predicted molar refractivity (Wildman–Crippen MR) is 129 cm³/mol. The Hall–Kier alpha value is -4.50. The molecule has 10 heteroatoms. The molecule has 4 rings (SSSR count). The monoisotopic (exact) mass is 491 g/mol. The lowest BCUT2D eigenvalue weighted by molar-refractivity contribution is -0.384. The fraction of sp³-hybridized carbons (Fsp3) is 0.0800. The Morgan fingerprint density at radius 2 is 1.71 bits per heavy atom. The van der Waals surface area contributed by atoms with Crippen LogP contribution in [-0.4, -0.2) is 22.8 Å². The normalized spacial score (nSPS) is 14.7. The lowest BCUT2D eigenvalue weighted by Gasteiger charge is -2.26. The summed E-state index contributed by atoms with van der Waals surface area (Å²) in [5.74, 6) is -1.31. The largest absolute Gasteiger partial charge is 0.487 e. The smallest absolute Gasteiger partial charge is 0.335 e. The number of anilines is 1. The molecule has 0 spiro atoms. The number of barbiturate groups is 1. The van der Waals surface area contributed by atoms with Crippen LogP contribution in [0.25, 0.3) is 6.08 Å². The molecule has 1 fully saturated rings. The number of nitrogens with zero attached hydrogens (tertiary/aromatic N) is 2. The number of benzene rings is 3. The van der Waals surface area contributed by atoms with Crippen molar-refractivity contribution in [3.8, 4) is 5.75 Å². The first-order chi connectivity index (χ1) is 16.7. The van der Waals surface area contributed by atoms with Gasteiger partial charge in [0.2, 0.25) is 0 Å². The number of ether oxygens (including phenoxy) is 1. The molecule has 35 heavy (non-hydrogen) atoms. The van der Waals surface area contributed by atoms with Crippen LogP contribution in [0.3, 0.4) is 0 Å². The van der Waals surface area contributed by atoms with Gasteiger partial charge in [-0.3, -0.25) is 25.0 Å². The van der Waals surface area contributed by atoms with Crippen LogP contribution in [0.4, 0.5) is 16.2 Å². The SMILES string of the molecule is Cc1ccc(COc2ccc(C=C3C(=O)NC(=O)N(c4ccc([N+](=O)[O-])cc4)C3=O)cc2Cl)cc1. The number of nitro benzene ring substituents is 1. The summed E-state index contributed by atoms with van der Waals surface area (Å²) in [7, 11) is 0. The zero-order valence-corrected chi connectivity index (χ0v) is 19.1. The van der Waals surface area contributed by atoms with Crippen LogP contribution in [0.5, 0.6) is 5.75 Å². The highest BCUT2D eigenvalue weighted by Gasteiger charge is 2.37. The third-order valence-corrected chi connectivity index (χ3v) is 5.50. The molecule has 0 aliphatic carbocycles. The van der Waals surface area contributed by atoms with E-state index in [1.807, 2.05) is 31.2 Å². The summed E-state index contributed by atoms with van der Waals surface area (Å²) in [6.07, 6.45) is 1.30. The molecule has 1 N–H and O–H groups in total. The quantitative estimate of drug-likeness (QED) is 0.229. The Labute approximate surface area is 204 Å². The number of carbonyl (C=O) groups excluding carboxylic acids is 3. The van der Waals surface area contributed by atoms with Gasteiger partial charge in [0, 0.05) is 12.1 Å². The van der Waals surface area contributed by atoms with Gasteiger partial charge in [-0.15, -0.1) is 0 Å². The van der Waals surface area contributed by atoms with Crippen molar-refractivity contribution in [1.82, 2.24) is 5.32 Å². The molecule has 0 saturated carbocycles. The number of aryl methyl sites for hydroxylation is 1. The number of nitro groups is 1. The van der Waals surface area contributed by atoms with E-state index in [1.54, 1.807) is 12.1 Å². The van der Waals surface area contributed by atoms with Crippen molar-refractivity contribution in [3.63, 3.8) is 0 Å². The Bertz CT molecular complexity index is 1370. The van der Waals surface area contributed by atoms with E-state index in [-0.39, 0.29) is 22.0 Å². The molecule has 176 valence electrons. The number of imide groups is 2. The van der Waals surface area contributed by atoms with Gasteiger partial charge >= 0.3 is 6.03 Å². The van der Waals surface area contributed by atoms with Crippen LogP contribution >= 0.6 is 11.6 Å². The van der Waals surface area contributed by atoms with Crippen molar-refractivity contribution in [3.05, 3.63) is 104 Å². The molecule has 0 bridgehead atoms. The maximum Gasteiger partial charge on any atom is 0.335 e. The van der Waals surface area contributed by atoms with Crippen molar-refractivity contribution in [2.24, 2.45) is 0 Å². The third-order valence-electron chi connectivity index (χ3n) is 5.20. The maximum atomic E-state index is 13.0. The lowest BCUT2D eigenvalue weighted by Crippen LogP contribution is -2.54. The summed E-state index contributed by atoms with van der Waals surface area (Å²) in [6, 6.07) is 16.5. The van der Waals surface area contributed by atoms with E-state index < -0.39 is 22.8 Å². The molecule has 9 nitrogen and oxygen atoms in total. The molecule has 3 aromatic rings. The van der Waals surface area contributed by atoms with Crippen LogP contribution < -0.4 is 15.0 Å². The van der Waals surface area contributed by atoms with E-state index in [2.05, 4.69) is 5.32 Å². The minimum absolute atomic E-state index is 0.0781. The summed E-state index contributed by atoms with van der Waals surface area (Å²) in [4.78, 5) is 48.7. The number of urea groups is 1. The van der Waals surface area contributed by atoms with Gasteiger partial charge < -0.3 is 4.74 Å². The molecule has 3 aromatic carbocycles. The zero-order chi connectivity index (χ0) is 25.1. The van der Waals surface area contributed by atoms with Gasteiger partial charge in [-0.1, -0.05) is 47.5 Å². The van der Waals surface area contributed by atoms with Crippen molar-refractivity contribution in [1.29, 1.82) is 0 Å². The minimum Gasteiger partial charge on any atom is -0.487 e. The third kappa shape index (κ3) is 5.20. The molecular formula is C25H18ClN3O6. The highest BCUT2D eigenvalue weighted by atomic mass is 35.5. The van der Waals surface area contributed by atoms with Gasteiger partial charge in [0.15, 0.2) is 0 Å². The van der Waals surface area contributed by atoms with Gasteiger partial charge in [-0.25, -0.2) is 9.69 Å². The van der Waals surface area contributed by atoms with Crippen molar-refractivity contribution < 1.29 is 24.0 Å². The zero-order valence-electron chi connectivity index (χ0n) is 18.4. The summed E-state index contributed by atoms with van der Waals surface area (Å²) in [5, 5.41) is 13.2. The molecule has 1 saturated heterocycles. The number of rotatable bonds is 6. The Balaban J connectivity index is 1.55. The average Bonchev–Trinajstić information content (AvgIpc) is 2.82. The Morgan fingerprint density at radius 3 is 2.34 bits per heavy atom. The first-order valence-corrected chi connectivity index (χ1v) is 10.7. The number of nitrogens with one attached hydrogen (secondary N) is 1. The van der Waals surface area contributed by atoms with Crippen LogP contribution in [0.15, 0.2) is 72.3 Å². The second-order valence-corrected chi connectivity index (χ2v) is 8.10. The number of carbonyl (C=O) groups is 3. The summed E-state index contributed by atoms with van der Waals surface area (Å²) < 4.78 is 5.77. The fourth-order valence-corrected chi connectivity index (χ4v) is 3.59. The molecule has 0 atom stereocenters. The van der Waals surface area contributed by atoms with Crippen LogP contribution in [0.1, 0.15) is 16.7 Å². The standard InChI is InChI=1S/C25H18ClN3O6/c1-15-2-4-16(5-3-15)14-35-22-11-6-17(13-21(22)26)12-20-23(30)27-25(32)28(24(20)31)18-7-9-19(10-8-18)29(33)34/h2-13H,14H2,1H3,(H,27,30,32). The van der Waals surface area contributed by atoms with Crippen molar-refractivity contribution in [2.45, 2.75) is 13.5 Å². The average molecular weight is 492 g/mol. The summed E-state index contributed by atoms with van der Waals surface area (Å²) >= 11 is 6.34. The van der Waals surface area contributed by atoms with Gasteiger partial charge in [-0.2, -0.15) is 0 Å². The second-order valence-electron chi connectivity index (χ2n) is 7.70. The van der Waals surface area contributed by atoms with E-state index in [1.165, 1.54) is 24.3 Å². The number of hydrogen-bond acceptors (Lipinski definition) is 6. The second kappa shape index (κ2) is 9.78. The van der Waals surface area contributed by atoms with Crippen LogP contribution in [0, 0.1) is 17.0 Å². The van der Waals surface area contributed by atoms with Gasteiger partial charge in [0.1, 0.15) is 17.9 Å². The van der Waals surface area contributed by atoms with E-state index in [9.17, 15) is 24.5 Å². The highest BCUT2D eigenvalue weighted by molar-refractivity contribution is 6.39. The van der Waals surface area contributed by atoms with Gasteiger partial charge in [0.25, 0.3) is 17.5 Å². The number of hydrogen-bond donors (Lipinski definition) is 1. The first kappa shape index (κ1) is 23.7. The van der Waals surface area contributed by atoms with E-state index >= 15 is 0 Å². The fourth-order valence-electron chi connectivity index (χ4n) is 3.35. The summed E-state index contributed by atoms with van der Waals surface area (Å²) in [6.45, 7) is 2.31. The van der Waals surface area contributed by atoms with E-state index in [0.717, 1.165) is 28.2 Å². The van der Waals surface area contributed by atoms with E-state index in [0.29, 0.717) is 17.9 Å². The molecule has 0 radical (unpaired) electrons. The molecule has 1 aliphatic rings. The predicted octanol–water partition coefficient (Wildman–Crippen LogP) is 4.80. The maximum absolute atomic E-state index is 13.0. The number of halogens is 1. The molecule has 1 aliphatic heterocycles. The highest BCUT2D eigenvalue weighted by Crippen LogP contribution is 2.29. The van der Waals surface area contributed by atoms with E-state index in [4.69, 9.17) is 16.3 Å². The number of non-ortho nitro benzene ring substituents is 1. The molecule has 0 aromatic heterocycles.